The molecule has 0 radical (unpaired) electrons. The molecule has 0 bridgehead atoms. The van der Waals surface area contributed by atoms with Gasteiger partial charge in [-0.2, -0.15) is 0 Å². The molecule has 1 aromatic carbocycles. The molecule has 3 aromatic rings. The highest BCUT2D eigenvalue weighted by atomic mass is 35.5. The second-order valence-corrected chi connectivity index (χ2v) is 4.19. The summed E-state index contributed by atoms with van der Waals surface area (Å²) in [6.07, 6.45) is 2.89. The Morgan fingerprint density at radius 3 is 3.00 bits per heavy atom. The average molecular weight is 274 g/mol. The Morgan fingerprint density at radius 1 is 1.26 bits per heavy atom. The number of halogens is 1. The standard InChI is InChI=1S/C13H8ClN3O2/c14-12-9(2-1-5-15-12)17-13(18)8-3-4-11-10(6-8)16-7-19-11/h1-7H,(H,17,18). The predicted molar refractivity (Wildman–Crippen MR) is 71.2 cm³/mol. The first-order chi connectivity index (χ1) is 9.24. The molecule has 3 rings (SSSR count). The first-order valence-electron chi connectivity index (χ1n) is 5.49. The van der Waals surface area contributed by atoms with Gasteiger partial charge in [-0.1, -0.05) is 11.6 Å². The molecule has 0 spiro atoms. The lowest BCUT2D eigenvalue weighted by molar-refractivity contribution is 0.102. The molecule has 0 aliphatic carbocycles. The maximum Gasteiger partial charge on any atom is 0.255 e. The van der Waals surface area contributed by atoms with Crippen LogP contribution in [0.2, 0.25) is 5.15 Å². The van der Waals surface area contributed by atoms with Crippen molar-refractivity contribution in [1.29, 1.82) is 0 Å². The molecule has 6 heteroatoms. The van der Waals surface area contributed by atoms with Gasteiger partial charge in [0.2, 0.25) is 0 Å². The molecule has 0 aliphatic rings. The minimum absolute atomic E-state index is 0.248. The van der Waals surface area contributed by atoms with Crippen LogP contribution >= 0.6 is 11.6 Å². The summed E-state index contributed by atoms with van der Waals surface area (Å²) in [7, 11) is 0. The van der Waals surface area contributed by atoms with Gasteiger partial charge in [-0.05, 0) is 30.3 Å². The molecule has 0 fully saturated rings. The number of rotatable bonds is 2. The summed E-state index contributed by atoms with van der Waals surface area (Å²) in [5, 5.41) is 2.94. The van der Waals surface area contributed by atoms with Gasteiger partial charge in [0, 0.05) is 11.8 Å². The second-order valence-electron chi connectivity index (χ2n) is 3.83. The summed E-state index contributed by atoms with van der Waals surface area (Å²) in [4.78, 5) is 20.0. The fourth-order valence-corrected chi connectivity index (χ4v) is 1.84. The van der Waals surface area contributed by atoms with Crippen LogP contribution in [0.5, 0.6) is 0 Å². The maximum absolute atomic E-state index is 12.1. The van der Waals surface area contributed by atoms with Crippen LogP contribution in [-0.4, -0.2) is 15.9 Å². The number of carbonyl (C=O) groups excluding carboxylic acids is 1. The number of aromatic nitrogens is 2. The third-order valence-electron chi connectivity index (χ3n) is 2.60. The van der Waals surface area contributed by atoms with E-state index < -0.39 is 0 Å². The minimum Gasteiger partial charge on any atom is -0.443 e. The third kappa shape index (κ3) is 2.28. The Bertz CT molecular complexity index is 754. The smallest absolute Gasteiger partial charge is 0.255 e. The van der Waals surface area contributed by atoms with Crippen molar-refractivity contribution < 1.29 is 9.21 Å². The molecule has 2 heterocycles. The van der Waals surface area contributed by atoms with Crippen LogP contribution in [0.3, 0.4) is 0 Å². The van der Waals surface area contributed by atoms with Gasteiger partial charge in [0.15, 0.2) is 17.1 Å². The minimum atomic E-state index is -0.278. The summed E-state index contributed by atoms with van der Waals surface area (Å²) in [5.74, 6) is -0.278. The Labute approximate surface area is 113 Å². The number of nitrogens with one attached hydrogen (secondary N) is 1. The topological polar surface area (TPSA) is 68.0 Å². The zero-order valence-electron chi connectivity index (χ0n) is 9.63. The van der Waals surface area contributed by atoms with E-state index in [0.717, 1.165) is 0 Å². The fraction of sp³-hybridized carbons (Fsp3) is 0. The number of amides is 1. The summed E-state index contributed by atoms with van der Waals surface area (Å²) in [6, 6.07) is 8.39. The van der Waals surface area contributed by atoms with Crippen LogP contribution < -0.4 is 5.32 Å². The highest BCUT2D eigenvalue weighted by Gasteiger charge is 2.10. The number of carbonyl (C=O) groups is 1. The zero-order chi connectivity index (χ0) is 13.2. The van der Waals surface area contributed by atoms with Crippen molar-refractivity contribution in [2.75, 3.05) is 5.32 Å². The van der Waals surface area contributed by atoms with Crippen molar-refractivity contribution in [3.8, 4) is 0 Å². The molecule has 0 saturated carbocycles. The number of fused-ring (bicyclic) bond motifs is 1. The molecular formula is C13H8ClN3O2. The average Bonchev–Trinajstić information content (AvgIpc) is 2.88. The Balaban J connectivity index is 1.89. The molecule has 1 N–H and O–H groups in total. The summed E-state index contributed by atoms with van der Waals surface area (Å²) >= 11 is 5.88. The highest BCUT2D eigenvalue weighted by Crippen LogP contribution is 2.19. The van der Waals surface area contributed by atoms with Crippen LogP contribution in [-0.2, 0) is 0 Å². The molecule has 1 amide bonds. The Hall–Kier alpha value is -2.40. The molecule has 0 saturated heterocycles. The number of hydrogen-bond acceptors (Lipinski definition) is 4. The van der Waals surface area contributed by atoms with E-state index in [2.05, 4.69) is 15.3 Å². The largest absolute Gasteiger partial charge is 0.443 e. The number of nitrogens with zero attached hydrogens (tertiary/aromatic N) is 2. The van der Waals surface area contributed by atoms with Gasteiger partial charge in [-0.3, -0.25) is 4.79 Å². The monoisotopic (exact) mass is 273 g/mol. The lowest BCUT2D eigenvalue weighted by Gasteiger charge is -2.05. The quantitative estimate of drug-likeness (QED) is 0.728. The van der Waals surface area contributed by atoms with Gasteiger partial charge in [0.05, 0.1) is 5.69 Å². The zero-order valence-corrected chi connectivity index (χ0v) is 10.4. The molecule has 0 aliphatic heterocycles. The van der Waals surface area contributed by atoms with Crippen LogP contribution in [0.25, 0.3) is 11.1 Å². The van der Waals surface area contributed by atoms with Crippen LogP contribution in [0.15, 0.2) is 47.3 Å². The lowest BCUT2D eigenvalue weighted by atomic mass is 10.2. The van der Waals surface area contributed by atoms with E-state index in [1.807, 2.05) is 0 Å². The highest BCUT2D eigenvalue weighted by molar-refractivity contribution is 6.32. The normalized spacial score (nSPS) is 10.6. The van der Waals surface area contributed by atoms with E-state index >= 15 is 0 Å². The van der Waals surface area contributed by atoms with E-state index in [0.29, 0.717) is 22.4 Å². The van der Waals surface area contributed by atoms with E-state index in [4.69, 9.17) is 16.0 Å². The SMILES string of the molecule is O=C(Nc1cccnc1Cl)c1ccc2ocnc2c1. The molecule has 2 aromatic heterocycles. The Kier molecular flexibility index (Phi) is 2.89. The fourth-order valence-electron chi connectivity index (χ4n) is 1.67. The van der Waals surface area contributed by atoms with E-state index in [1.165, 1.54) is 6.39 Å². The van der Waals surface area contributed by atoms with Gasteiger partial charge in [0.1, 0.15) is 5.52 Å². The van der Waals surface area contributed by atoms with E-state index in [1.54, 1.807) is 36.5 Å². The lowest BCUT2D eigenvalue weighted by Crippen LogP contribution is -2.12. The van der Waals surface area contributed by atoms with Crippen molar-refractivity contribution in [1.82, 2.24) is 9.97 Å². The number of benzene rings is 1. The molecule has 19 heavy (non-hydrogen) atoms. The maximum atomic E-state index is 12.1. The second kappa shape index (κ2) is 4.70. The van der Waals surface area contributed by atoms with Crippen molar-refractivity contribution >= 4 is 34.3 Å². The van der Waals surface area contributed by atoms with Gasteiger partial charge in [0.25, 0.3) is 5.91 Å². The molecular weight excluding hydrogens is 266 g/mol. The van der Waals surface area contributed by atoms with Crippen LogP contribution in [0, 0.1) is 0 Å². The number of oxazole rings is 1. The predicted octanol–water partition coefficient (Wildman–Crippen LogP) is 3.13. The van der Waals surface area contributed by atoms with Crippen LogP contribution in [0.1, 0.15) is 10.4 Å². The summed E-state index contributed by atoms with van der Waals surface area (Å²) in [5.41, 5.74) is 2.21. The summed E-state index contributed by atoms with van der Waals surface area (Å²) < 4.78 is 5.12. The van der Waals surface area contributed by atoms with Gasteiger partial charge >= 0.3 is 0 Å². The van der Waals surface area contributed by atoms with Gasteiger partial charge in [-0.15, -0.1) is 0 Å². The van der Waals surface area contributed by atoms with Crippen LogP contribution in [0.4, 0.5) is 5.69 Å². The molecule has 0 atom stereocenters. The number of anilines is 1. The first-order valence-corrected chi connectivity index (χ1v) is 5.87. The van der Waals surface area contributed by atoms with Crippen molar-refractivity contribution in [2.45, 2.75) is 0 Å². The Morgan fingerprint density at radius 2 is 2.16 bits per heavy atom. The van der Waals surface area contributed by atoms with E-state index in [-0.39, 0.29) is 11.1 Å². The summed E-state index contributed by atoms with van der Waals surface area (Å²) in [6.45, 7) is 0. The molecule has 5 nitrogen and oxygen atoms in total. The molecule has 94 valence electrons. The number of hydrogen-bond donors (Lipinski definition) is 1. The first kappa shape index (κ1) is 11.7. The van der Waals surface area contributed by atoms with Crippen molar-refractivity contribution in [3.05, 3.63) is 53.6 Å². The molecule has 0 unspecified atom stereocenters. The van der Waals surface area contributed by atoms with Crippen molar-refractivity contribution in [2.24, 2.45) is 0 Å². The van der Waals surface area contributed by atoms with Gasteiger partial charge in [-0.25, -0.2) is 9.97 Å². The van der Waals surface area contributed by atoms with E-state index in [9.17, 15) is 4.79 Å². The van der Waals surface area contributed by atoms with Gasteiger partial charge < -0.3 is 9.73 Å². The van der Waals surface area contributed by atoms with Crippen molar-refractivity contribution in [3.63, 3.8) is 0 Å². The third-order valence-corrected chi connectivity index (χ3v) is 2.90. The number of pyridine rings is 1.